The van der Waals surface area contributed by atoms with Crippen LogP contribution in [0.5, 0.6) is 0 Å². The number of carbonyl (C=O) groups excluding carboxylic acids is 3. The van der Waals surface area contributed by atoms with Crippen LogP contribution in [0.15, 0.2) is 53.6 Å². The molecule has 2 aliphatic heterocycles. The molecule has 7 nitrogen and oxygen atoms in total. The van der Waals surface area contributed by atoms with E-state index in [-0.39, 0.29) is 5.71 Å². The molecule has 0 bridgehead atoms. The molecule has 1 saturated heterocycles. The van der Waals surface area contributed by atoms with Crippen molar-refractivity contribution in [1.82, 2.24) is 0 Å². The van der Waals surface area contributed by atoms with Gasteiger partial charge in [0.25, 0.3) is 5.91 Å². The van der Waals surface area contributed by atoms with Crippen molar-refractivity contribution < 1.29 is 19.1 Å². The lowest BCUT2D eigenvalue weighted by atomic mass is 9.98. The molecule has 0 N–H and O–H groups in total. The average molecular weight is 418 g/mol. The highest BCUT2D eigenvalue weighted by molar-refractivity contribution is 6.47. The Kier molecular flexibility index (Phi) is 4.56. The number of nitrogens with zero attached hydrogens (tertiary/aromatic N) is 3. The summed E-state index contributed by atoms with van der Waals surface area (Å²) in [5.74, 6) is -2.94. The van der Waals surface area contributed by atoms with E-state index in [4.69, 9.17) is 27.9 Å². The monoisotopic (exact) mass is 417 g/mol. The summed E-state index contributed by atoms with van der Waals surface area (Å²) in [5.41, 5.74) is 0.636. The number of esters is 1. The third-order valence-electron chi connectivity index (χ3n) is 4.63. The molecule has 0 aliphatic carbocycles. The molecule has 0 aromatic heterocycles. The van der Waals surface area contributed by atoms with E-state index in [0.717, 1.165) is 4.90 Å². The quantitative estimate of drug-likeness (QED) is 0.566. The fraction of sp³-hybridized carbons (Fsp3) is 0.158. The molecule has 2 amide bonds. The summed E-state index contributed by atoms with van der Waals surface area (Å²) in [4.78, 5) is 39.6. The SMILES string of the molecule is COC(=O)C1=NN(c2ccccc2Cl)[C@@H]2C(=O)N(c3ccc(Cl)cc3)C(=O)[C@@H]12. The van der Waals surface area contributed by atoms with E-state index in [0.29, 0.717) is 21.4 Å². The maximum atomic E-state index is 13.2. The molecule has 0 saturated carbocycles. The Bertz CT molecular complexity index is 1020. The number of ether oxygens (including phenoxy) is 1. The van der Waals surface area contributed by atoms with Crippen LogP contribution in [-0.2, 0) is 19.1 Å². The van der Waals surface area contributed by atoms with E-state index in [1.54, 1.807) is 48.5 Å². The first-order valence-corrected chi connectivity index (χ1v) is 9.03. The first kappa shape index (κ1) is 18.5. The fourth-order valence-electron chi connectivity index (χ4n) is 3.37. The van der Waals surface area contributed by atoms with Gasteiger partial charge in [-0.3, -0.25) is 9.59 Å². The Labute approximate surface area is 170 Å². The van der Waals surface area contributed by atoms with Crippen molar-refractivity contribution in [2.75, 3.05) is 17.0 Å². The van der Waals surface area contributed by atoms with Gasteiger partial charge in [0.2, 0.25) is 5.91 Å². The Hall–Kier alpha value is -2.90. The zero-order valence-electron chi connectivity index (χ0n) is 14.5. The smallest absolute Gasteiger partial charge is 0.355 e. The molecular formula is C19H13Cl2N3O4. The minimum Gasteiger partial charge on any atom is -0.464 e. The number of methoxy groups -OCH3 is 1. The van der Waals surface area contributed by atoms with E-state index in [2.05, 4.69) is 5.10 Å². The largest absolute Gasteiger partial charge is 0.464 e. The Morgan fingerprint density at radius 1 is 1.04 bits per heavy atom. The molecule has 2 atom stereocenters. The molecule has 28 heavy (non-hydrogen) atoms. The number of halogens is 2. The maximum absolute atomic E-state index is 13.2. The molecule has 2 aromatic carbocycles. The van der Waals surface area contributed by atoms with Crippen molar-refractivity contribution in [3.63, 3.8) is 0 Å². The van der Waals surface area contributed by atoms with Crippen LogP contribution in [0.2, 0.25) is 10.0 Å². The molecule has 0 spiro atoms. The van der Waals surface area contributed by atoms with E-state index in [1.807, 2.05) is 0 Å². The van der Waals surface area contributed by atoms with Crippen molar-refractivity contribution in [3.8, 4) is 0 Å². The molecule has 0 radical (unpaired) electrons. The first-order chi connectivity index (χ1) is 13.4. The lowest BCUT2D eigenvalue weighted by molar-refractivity contribution is -0.133. The van der Waals surface area contributed by atoms with Crippen LogP contribution >= 0.6 is 23.2 Å². The van der Waals surface area contributed by atoms with E-state index in [1.165, 1.54) is 12.1 Å². The number of rotatable bonds is 3. The van der Waals surface area contributed by atoms with Gasteiger partial charge in [-0.25, -0.2) is 14.7 Å². The van der Waals surface area contributed by atoms with Crippen molar-refractivity contribution in [2.24, 2.45) is 11.0 Å². The van der Waals surface area contributed by atoms with Gasteiger partial charge in [0.15, 0.2) is 5.71 Å². The molecule has 1 fully saturated rings. The summed E-state index contributed by atoms with van der Waals surface area (Å²) in [6.45, 7) is 0. The second-order valence-electron chi connectivity index (χ2n) is 6.18. The summed E-state index contributed by atoms with van der Waals surface area (Å²) >= 11 is 12.2. The van der Waals surface area contributed by atoms with Crippen LogP contribution in [0.4, 0.5) is 11.4 Å². The van der Waals surface area contributed by atoms with Gasteiger partial charge in [0.05, 0.1) is 23.5 Å². The standard InChI is InChI=1S/C19H13Cl2N3O4/c1-28-19(27)15-14-16(24(22-15)13-5-3-2-4-12(13)21)18(26)23(17(14)25)11-8-6-10(20)7-9-11/h2-9,14,16H,1H3/t14-,16-/m0/s1. The average Bonchev–Trinajstić information content (AvgIpc) is 3.20. The predicted octanol–water partition coefficient (Wildman–Crippen LogP) is 2.90. The molecule has 142 valence electrons. The van der Waals surface area contributed by atoms with Crippen LogP contribution < -0.4 is 9.91 Å². The molecule has 9 heteroatoms. The number of imide groups is 1. The van der Waals surface area contributed by atoms with Crippen LogP contribution in [0.3, 0.4) is 0 Å². The number of amides is 2. The number of hydrogen-bond donors (Lipinski definition) is 0. The number of carbonyl (C=O) groups is 3. The Balaban J connectivity index is 1.82. The number of benzene rings is 2. The summed E-state index contributed by atoms with van der Waals surface area (Å²) < 4.78 is 4.77. The summed E-state index contributed by atoms with van der Waals surface area (Å²) in [7, 11) is 1.19. The topological polar surface area (TPSA) is 79.3 Å². The lowest BCUT2D eigenvalue weighted by Gasteiger charge is -2.22. The predicted molar refractivity (Wildman–Crippen MR) is 105 cm³/mol. The molecule has 2 aliphatic rings. The zero-order valence-corrected chi connectivity index (χ0v) is 16.0. The van der Waals surface area contributed by atoms with Gasteiger partial charge in [0, 0.05) is 5.02 Å². The highest BCUT2D eigenvalue weighted by Gasteiger charge is 2.59. The third kappa shape index (κ3) is 2.75. The Morgan fingerprint density at radius 2 is 1.71 bits per heavy atom. The summed E-state index contributed by atoms with van der Waals surface area (Å²) in [6, 6.07) is 12.0. The zero-order chi connectivity index (χ0) is 20.0. The van der Waals surface area contributed by atoms with Gasteiger partial charge in [-0.2, -0.15) is 5.10 Å². The van der Waals surface area contributed by atoms with Gasteiger partial charge in [-0.15, -0.1) is 0 Å². The van der Waals surface area contributed by atoms with Gasteiger partial charge in [0.1, 0.15) is 12.0 Å². The minimum atomic E-state index is -1.09. The van der Waals surface area contributed by atoms with Crippen LogP contribution in [0.25, 0.3) is 0 Å². The number of fused-ring (bicyclic) bond motifs is 1. The lowest BCUT2D eigenvalue weighted by Crippen LogP contribution is -2.39. The summed E-state index contributed by atoms with van der Waals surface area (Å²) in [5, 5.41) is 6.34. The second kappa shape index (κ2) is 6.92. The number of anilines is 2. The van der Waals surface area contributed by atoms with E-state index in [9.17, 15) is 14.4 Å². The normalized spacial score (nSPS) is 21.0. The van der Waals surface area contributed by atoms with Crippen LogP contribution in [0.1, 0.15) is 0 Å². The van der Waals surface area contributed by atoms with Gasteiger partial charge < -0.3 is 4.74 Å². The van der Waals surface area contributed by atoms with E-state index >= 15 is 0 Å². The van der Waals surface area contributed by atoms with Crippen LogP contribution in [-0.4, -0.2) is 36.6 Å². The fourth-order valence-corrected chi connectivity index (χ4v) is 3.72. The summed E-state index contributed by atoms with van der Waals surface area (Å²) in [6.07, 6.45) is 0. The molecule has 4 rings (SSSR count). The second-order valence-corrected chi connectivity index (χ2v) is 7.03. The van der Waals surface area contributed by atoms with Gasteiger partial charge >= 0.3 is 5.97 Å². The van der Waals surface area contributed by atoms with E-state index < -0.39 is 29.7 Å². The minimum absolute atomic E-state index is 0.137. The molecule has 2 aromatic rings. The van der Waals surface area contributed by atoms with Crippen molar-refractivity contribution in [3.05, 3.63) is 58.6 Å². The first-order valence-electron chi connectivity index (χ1n) is 8.28. The van der Waals surface area contributed by atoms with Crippen molar-refractivity contribution in [2.45, 2.75) is 6.04 Å². The number of hydrogen-bond acceptors (Lipinski definition) is 6. The number of para-hydroxylation sites is 1. The van der Waals surface area contributed by atoms with Gasteiger partial charge in [-0.05, 0) is 36.4 Å². The highest BCUT2D eigenvalue weighted by atomic mass is 35.5. The Morgan fingerprint density at radius 3 is 2.36 bits per heavy atom. The molecular weight excluding hydrogens is 405 g/mol. The third-order valence-corrected chi connectivity index (χ3v) is 5.20. The maximum Gasteiger partial charge on any atom is 0.355 e. The van der Waals surface area contributed by atoms with Crippen molar-refractivity contribution in [1.29, 1.82) is 0 Å². The van der Waals surface area contributed by atoms with Crippen molar-refractivity contribution >= 4 is 58.1 Å². The number of hydrazone groups is 1. The molecule has 2 heterocycles. The van der Waals surface area contributed by atoms with Gasteiger partial charge in [-0.1, -0.05) is 35.3 Å². The highest BCUT2D eigenvalue weighted by Crippen LogP contribution is 2.40. The molecule has 0 unspecified atom stereocenters. The van der Waals surface area contributed by atoms with Crippen LogP contribution in [0, 0.1) is 5.92 Å².